The van der Waals surface area contributed by atoms with Crippen molar-refractivity contribution in [2.24, 2.45) is 0 Å². The lowest BCUT2D eigenvalue weighted by atomic mass is 10.2. The van der Waals surface area contributed by atoms with Crippen LogP contribution in [0.15, 0.2) is 36.4 Å². The molecule has 0 aliphatic rings. The van der Waals surface area contributed by atoms with Crippen molar-refractivity contribution in [3.05, 3.63) is 57.6 Å². The third-order valence-electron chi connectivity index (χ3n) is 2.82. The summed E-state index contributed by atoms with van der Waals surface area (Å²) in [5.41, 5.74) is 1.55. The van der Waals surface area contributed by atoms with E-state index in [1.807, 2.05) is 6.07 Å². The minimum absolute atomic E-state index is 0.117. The number of aliphatic hydroxyl groups excluding tert-OH is 1. The number of benzene rings is 2. The molecule has 0 saturated carbocycles. The van der Waals surface area contributed by atoms with E-state index in [2.05, 4.69) is 0 Å². The second-order valence-electron chi connectivity index (χ2n) is 4.14. The Morgan fingerprint density at radius 1 is 1.10 bits per heavy atom. The van der Waals surface area contributed by atoms with Crippen LogP contribution in [0, 0.1) is 0 Å². The van der Waals surface area contributed by atoms with Gasteiger partial charge < -0.3 is 14.6 Å². The van der Waals surface area contributed by atoms with Gasteiger partial charge in [0.15, 0.2) is 11.5 Å². The Bertz CT molecular complexity index is 577. The normalized spacial score (nSPS) is 10.4. The first kappa shape index (κ1) is 15.0. The summed E-state index contributed by atoms with van der Waals surface area (Å²) in [5.74, 6) is 1.11. The summed E-state index contributed by atoms with van der Waals surface area (Å²) in [4.78, 5) is 0. The van der Waals surface area contributed by atoms with Gasteiger partial charge in [0.2, 0.25) is 0 Å². The molecule has 0 saturated heterocycles. The topological polar surface area (TPSA) is 38.7 Å². The molecule has 0 amide bonds. The predicted molar refractivity (Wildman–Crippen MR) is 79.7 cm³/mol. The van der Waals surface area contributed by atoms with E-state index in [0.29, 0.717) is 33.7 Å². The Balaban J connectivity index is 2.19. The van der Waals surface area contributed by atoms with Gasteiger partial charge in [0.25, 0.3) is 0 Å². The highest BCUT2D eigenvalue weighted by Crippen LogP contribution is 2.32. The maximum Gasteiger partial charge on any atom is 0.167 e. The van der Waals surface area contributed by atoms with Crippen molar-refractivity contribution in [1.29, 1.82) is 0 Å². The molecule has 1 N–H and O–H groups in total. The SMILES string of the molecule is COc1cccc(CO)c1OCc1ccc(Cl)c(Cl)c1. The number of hydrogen-bond acceptors (Lipinski definition) is 3. The zero-order valence-corrected chi connectivity index (χ0v) is 12.4. The molecular weight excluding hydrogens is 299 g/mol. The number of halogens is 2. The molecule has 0 bridgehead atoms. The molecule has 106 valence electrons. The predicted octanol–water partition coefficient (Wildman–Crippen LogP) is 4.07. The molecule has 3 nitrogen and oxygen atoms in total. The maximum atomic E-state index is 9.34. The van der Waals surface area contributed by atoms with Crippen LogP contribution in [0.25, 0.3) is 0 Å². The molecule has 0 spiro atoms. The van der Waals surface area contributed by atoms with Crippen LogP contribution in [0.4, 0.5) is 0 Å². The van der Waals surface area contributed by atoms with E-state index in [4.69, 9.17) is 32.7 Å². The highest BCUT2D eigenvalue weighted by molar-refractivity contribution is 6.42. The molecule has 2 aromatic carbocycles. The molecule has 0 aliphatic heterocycles. The van der Waals surface area contributed by atoms with Gasteiger partial charge in [-0.05, 0) is 23.8 Å². The average molecular weight is 313 g/mol. The van der Waals surface area contributed by atoms with Gasteiger partial charge in [-0.25, -0.2) is 0 Å². The summed E-state index contributed by atoms with van der Waals surface area (Å²) in [5, 5.41) is 10.3. The van der Waals surface area contributed by atoms with Gasteiger partial charge in [-0.2, -0.15) is 0 Å². The molecule has 20 heavy (non-hydrogen) atoms. The quantitative estimate of drug-likeness (QED) is 0.904. The number of ether oxygens (including phenoxy) is 2. The van der Waals surface area contributed by atoms with Gasteiger partial charge in [-0.3, -0.25) is 0 Å². The Morgan fingerprint density at radius 2 is 1.90 bits per heavy atom. The molecule has 0 heterocycles. The summed E-state index contributed by atoms with van der Waals surface area (Å²) >= 11 is 11.8. The van der Waals surface area contributed by atoms with Crippen molar-refractivity contribution in [1.82, 2.24) is 0 Å². The summed E-state index contributed by atoms with van der Waals surface area (Å²) in [6, 6.07) is 10.7. The Labute approximate surface area is 127 Å². The fraction of sp³-hybridized carbons (Fsp3) is 0.200. The Morgan fingerprint density at radius 3 is 2.55 bits per heavy atom. The van der Waals surface area contributed by atoms with Crippen LogP contribution in [0.3, 0.4) is 0 Å². The van der Waals surface area contributed by atoms with Crippen LogP contribution in [0.1, 0.15) is 11.1 Å². The van der Waals surface area contributed by atoms with E-state index in [1.54, 1.807) is 37.4 Å². The highest BCUT2D eigenvalue weighted by Gasteiger charge is 2.10. The van der Waals surface area contributed by atoms with E-state index in [-0.39, 0.29) is 6.61 Å². The number of para-hydroxylation sites is 1. The fourth-order valence-electron chi connectivity index (χ4n) is 1.80. The van der Waals surface area contributed by atoms with Gasteiger partial charge in [-0.1, -0.05) is 41.4 Å². The van der Waals surface area contributed by atoms with Crippen molar-refractivity contribution in [2.75, 3.05) is 7.11 Å². The van der Waals surface area contributed by atoms with Crippen LogP contribution >= 0.6 is 23.2 Å². The fourth-order valence-corrected chi connectivity index (χ4v) is 2.12. The third kappa shape index (κ3) is 3.37. The van der Waals surface area contributed by atoms with Crippen molar-refractivity contribution in [3.63, 3.8) is 0 Å². The van der Waals surface area contributed by atoms with E-state index in [1.165, 1.54) is 0 Å². The molecular formula is C15H14Cl2O3. The molecule has 0 unspecified atom stereocenters. The number of rotatable bonds is 5. The lowest BCUT2D eigenvalue weighted by Gasteiger charge is -2.14. The first-order valence-electron chi connectivity index (χ1n) is 5.99. The van der Waals surface area contributed by atoms with Gasteiger partial charge in [0, 0.05) is 5.56 Å². The number of aliphatic hydroxyl groups is 1. The molecule has 0 fully saturated rings. The third-order valence-corrected chi connectivity index (χ3v) is 3.56. The largest absolute Gasteiger partial charge is 0.493 e. The van der Waals surface area contributed by atoms with E-state index < -0.39 is 0 Å². The molecule has 2 rings (SSSR count). The maximum absolute atomic E-state index is 9.34. The molecule has 0 atom stereocenters. The summed E-state index contributed by atoms with van der Waals surface area (Å²) in [7, 11) is 1.56. The standard InChI is InChI=1S/C15H14Cl2O3/c1-19-14-4-2-3-11(8-18)15(14)20-9-10-5-6-12(16)13(17)7-10/h2-7,18H,8-9H2,1H3. The zero-order valence-electron chi connectivity index (χ0n) is 10.9. The Hall–Kier alpha value is -1.42. The first-order chi connectivity index (χ1) is 9.65. The minimum Gasteiger partial charge on any atom is -0.493 e. The summed E-state index contributed by atoms with van der Waals surface area (Å²) in [6.07, 6.45) is 0. The lowest BCUT2D eigenvalue weighted by molar-refractivity contribution is 0.250. The van der Waals surface area contributed by atoms with Crippen molar-refractivity contribution in [2.45, 2.75) is 13.2 Å². The van der Waals surface area contributed by atoms with Crippen molar-refractivity contribution >= 4 is 23.2 Å². The van der Waals surface area contributed by atoms with Gasteiger partial charge >= 0.3 is 0 Å². The first-order valence-corrected chi connectivity index (χ1v) is 6.74. The van der Waals surface area contributed by atoms with Crippen LogP contribution in [-0.4, -0.2) is 12.2 Å². The highest BCUT2D eigenvalue weighted by atomic mass is 35.5. The second kappa shape index (κ2) is 6.84. The molecule has 5 heteroatoms. The van der Waals surface area contributed by atoms with Crippen molar-refractivity contribution < 1.29 is 14.6 Å². The summed E-state index contributed by atoms with van der Waals surface area (Å²) < 4.78 is 11.0. The number of hydrogen-bond donors (Lipinski definition) is 1. The minimum atomic E-state index is -0.117. The van der Waals surface area contributed by atoms with Crippen LogP contribution in [-0.2, 0) is 13.2 Å². The monoisotopic (exact) mass is 312 g/mol. The van der Waals surface area contributed by atoms with E-state index in [0.717, 1.165) is 5.56 Å². The van der Waals surface area contributed by atoms with E-state index >= 15 is 0 Å². The number of methoxy groups -OCH3 is 1. The second-order valence-corrected chi connectivity index (χ2v) is 4.96. The van der Waals surface area contributed by atoms with Gasteiger partial charge in [0.05, 0.1) is 23.8 Å². The van der Waals surface area contributed by atoms with Gasteiger partial charge in [-0.15, -0.1) is 0 Å². The lowest BCUT2D eigenvalue weighted by Crippen LogP contribution is -2.01. The van der Waals surface area contributed by atoms with Crippen molar-refractivity contribution in [3.8, 4) is 11.5 Å². The Kier molecular flexibility index (Phi) is 5.12. The zero-order chi connectivity index (χ0) is 14.5. The average Bonchev–Trinajstić information content (AvgIpc) is 2.48. The summed E-state index contributed by atoms with van der Waals surface area (Å²) in [6.45, 7) is 0.193. The molecule has 0 aliphatic carbocycles. The van der Waals surface area contributed by atoms with Crippen LogP contribution < -0.4 is 9.47 Å². The van der Waals surface area contributed by atoms with Gasteiger partial charge in [0.1, 0.15) is 6.61 Å². The smallest absolute Gasteiger partial charge is 0.167 e. The molecule has 2 aromatic rings. The van der Waals surface area contributed by atoms with Crippen LogP contribution in [0.2, 0.25) is 10.0 Å². The van der Waals surface area contributed by atoms with Crippen LogP contribution in [0.5, 0.6) is 11.5 Å². The van der Waals surface area contributed by atoms with E-state index in [9.17, 15) is 5.11 Å². The molecule has 0 aromatic heterocycles. The molecule has 0 radical (unpaired) electrons.